The van der Waals surface area contributed by atoms with Crippen molar-refractivity contribution in [3.05, 3.63) is 65.7 Å². The fraction of sp³-hybridized carbons (Fsp3) is 0.190. The van der Waals surface area contributed by atoms with Crippen molar-refractivity contribution in [1.82, 2.24) is 4.98 Å². The van der Waals surface area contributed by atoms with Gasteiger partial charge in [0.25, 0.3) is 0 Å². The first-order valence-electron chi connectivity index (χ1n) is 8.55. The molecule has 1 heterocycles. The lowest BCUT2D eigenvalue weighted by molar-refractivity contribution is -0.137. The van der Waals surface area contributed by atoms with Crippen LogP contribution in [0, 0.1) is 0 Å². The molecule has 0 aliphatic heterocycles. The van der Waals surface area contributed by atoms with E-state index in [4.69, 9.17) is 9.47 Å². The minimum Gasteiger partial charge on any atom is -0.497 e. The lowest BCUT2D eigenvalue weighted by Gasteiger charge is -2.07. The predicted molar refractivity (Wildman–Crippen MR) is 99.2 cm³/mol. The van der Waals surface area contributed by atoms with Gasteiger partial charge in [-0.2, -0.15) is 13.2 Å². The number of aromatic amines is 1. The molecule has 0 spiro atoms. The molecule has 0 aliphatic rings. The number of esters is 1. The van der Waals surface area contributed by atoms with Gasteiger partial charge in [-0.3, -0.25) is 0 Å². The van der Waals surface area contributed by atoms with Crippen molar-refractivity contribution in [2.24, 2.45) is 0 Å². The van der Waals surface area contributed by atoms with Crippen molar-refractivity contribution in [2.45, 2.75) is 13.1 Å². The predicted octanol–water partition coefficient (Wildman–Crippen LogP) is 5.55. The molecule has 28 heavy (non-hydrogen) atoms. The zero-order valence-corrected chi connectivity index (χ0v) is 15.3. The average Bonchev–Trinajstić information content (AvgIpc) is 3.13. The first-order valence-corrected chi connectivity index (χ1v) is 8.55. The summed E-state index contributed by atoms with van der Waals surface area (Å²) in [6.45, 7) is 1.91. The van der Waals surface area contributed by atoms with Crippen molar-refractivity contribution < 1.29 is 27.4 Å². The van der Waals surface area contributed by atoms with E-state index >= 15 is 0 Å². The smallest absolute Gasteiger partial charge is 0.416 e. The summed E-state index contributed by atoms with van der Waals surface area (Å²) >= 11 is 0. The Morgan fingerprint density at radius 2 is 1.75 bits per heavy atom. The number of alkyl halides is 3. The van der Waals surface area contributed by atoms with Gasteiger partial charge in [0, 0.05) is 11.3 Å². The molecule has 1 aromatic heterocycles. The Morgan fingerprint density at radius 3 is 2.36 bits per heavy atom. The maximum absolute atomic E-state index is 12.8. The van der Waals surface area contributed by atoms with Gasteiger partial charge < -0.3 is 14.5 Å². The third-order valence-electron chi connectivity index (χ3n) is 4.19. The van der Waals surface area contributed by atoms with E-state index in [9.17, 15) is 18.0 Å². The van der Waals surface area contributed by atoms with Gasteiger partial charge in [-0.1, -0.05) is 24.3 Å². The number of hydrogen-bond donors (Lipinski definition) is 1. The van der Waals surface area contributed by atoms with E-state index in [1.165, 1.54) is 19.2 Å². The summed E-state index contributed by atoms with van der Waals surface area (Å²) in [7, 11) is 1.54. The van der Waals surface area contributed by atoms with Crippen molar-refractivity contribution in [2.75, 3.05) is 13.7 Å². The molecular weight excluding hydrogens is 371 g/mol. The van der Waals surface area contributed by atoms with Crippen LogP contribution in [0.1, 0.15) is 22.8 Å². The molecule has 2 aromatic carbocycles. The molecule has 0 aliphatic carbocycles. The molecule has 3 aromatic rings. The number of nitrogens with one attached hydrogen (secondary N) is 1. The lowest BCUT2D eigenvalue weighted by Crippen LogP contribution is -2.04. The number of H-pyrrole nitrogens is 1. The highest BCUT2D eigenvalue weighted by molar-refractivity contribution is 5.98. The third kappa shape index (κ3) is 4.03. The molecule has 1 N–H and O–H groups in total. The van der Waals surface area contributed by atoms with Crippen LogP contribution in [0.5, 0.6) is 5.75 Å². The first kappa shape index (κ1) is 19.5. The van der Waals surface area contributed by atoms with E-state index in [0.29, 0.717) is 33.8 Å². The van der Waals surface area contributed by atoms with E-state index in [1.807, 2.05) is 0 Å². The van der Waals surface area contributed by atoms with Crippen LogP contribution in [0.4, 0.5) is 13.2 Å². The van der Waals surface area contributed by atoms with Crippen LogP contribution in [-0.4, -0.2) is 24.7 Å². The van der Waals surface area contributed by atoms with Crippen molar-refractivity contribution in [3.63, 3.8) is 0 Å². The van der Waals surface area contributed by atoms with Crippen molar-refractivity contribution in [3.8, 4) is 28.3 Å². The van der Waals surface area contributed by atoms with Gasteiger partial charge in [0.1, 0.15) is 5.75 Å². The Labute approximate surface area is 159 Å². The summed E-state index contributed by atoms with van der Waals surface area (Å²) in [4.78, 5) is 15.5. The highest BCUT2D eigenvalue weighted by atomic mass is 19.4. The Kier molecular flexibility index (Phi) is 5.44. The molecule has 4 nitrogen and oxygen atoms in total. The summed E-state index contributed by atoms with van der Waals surface area (Å²) in [6.07, 6.45) is -4.41. The summed E-state index contributed by atoms with van der Waals surface area (Å²) in [5.41, 5.74) is 1.79. The summed E-state index contributed by atoms with van der Waals surface area (Å²) < 4.78 is 48.7. The largest absolute Gasteiger partial charge is 0.497 e. The van der Waals surface area contributed by atoms with Crippen LogP contribution in [0.15, 0.2) is 54.6 Å². The zero-order valence-electron chi connectivity index (χ0n) is 15.3. The number of methoxy groups -OCH3 is 1. The van der Waals surface area contributed by atoms with Gasteiger partial charge in [-0.25, -0.2) is 4.79 Å². The van der Waals surface area contributed by atoms with Crippen LogP contribution in [0.25, 0.3) is 22.5 Å². The molecular formula is C21H18F3NO3. The summed E-state index contributed by atoms with van der Waals surface area (Å²) in [5, 5.41) is 0. The zero-order chi connectivity index (χ0) is 20.3. The molecule has 0 atom stereocenters. The van der Waals surface area contributed by atoms with Crippen LogP contribution in [-0.2, 0) is 10.9 Å². The molecule has 0 bridgehead atoms. The van der Waals surface area contributed by atoms with E-state index in [-0.39, 0.29) is 6.61 Å². The Balaban J connectivity index is 2.07. The molecule has 7 heteroatoms. The van der Waals surface area contributed by atoms with Gasteiger partial charge in [0.15, 0.2) is 0 Å². The number of hydrogen-bond acceptors (Lipinski definition) is 3. The van der Waals surface area contributed by atoms with Crippen LogP contribution in [0.3, 0.4) is 0 Å². The van der Waals surface area contributed by atoms with E-state index in [0.717, 1.165) is 12.1 Å². The maximum Gasteiger partial charge on any atom is 0.416 e. The number of aromatic nitrogens is 1. The molecule has 0 saturated carbocycles. The Bertz CT molecular complexity index is 975. The molecule has 0 amide bonds. The van der Waals surface area contributed by atoms with E-state index < -0.39 is 17.7 Å². The molecule has 0 saturated heterocycles. The average molecular weight is 389 g/mol. The topological polar surface area (TPSA) is 51.3 Å². The second-order valence-electron chi connectivity index (χ2n) is 6.00. The summed E-state index contributed by atoms with van der Waals surface area (Å²) in [5.74, 6) is 0.0905. The van der Waals surface area contributed by atoms with Gasteiger partial charge in [-0.15, -0.1) is 0 Å². The molecule has 0 unspecified atom stereocenters. The number of carbonyl (C=O) groups is 1. The monoisotopic (exact) mass is 389 g/mol. The lowest BCUT2D eigenvalue weighted by atomic mass is 10.1. The number of benzene rings is 2. The number of carbonyl (C=O) groups excluding carboxylic acids is 1. The fourth-order valence-corrected chi connectivity index (χ4v) is 2.82. The number of ether oxygens (including phenoxy) is 2. The summed E-state index contributed by atoms with van der Waals surface area (Å²) in [6, 6.07) is 13.4. The van der Waals surface area contributed by atoms with E-state index in [2.05, 4.69) is 4.98 Å². The van der Waals surface area contributed by atoms with Gasteiger partial charge in [-0.05, 0) is 42.8 Å². The maximum atomic E-state index is 12.8. The quantitative estimate of drug-likeness (QED) is 0.582. The van der Waals surface area contributed by atoms with Crippen LogP contribution in [0.2, 0.25) is 0 Å². The Hall–Kier alpha value is -3.22. The number of halogens is 3. The SMILES string of the molecule is CCOC(=O)c1cc(-c2ccc(C(F)(F)F)cc2)[nH]c1-c1cccc(OC)c1. The second kappa shape index (κ2) is 7.80. The molecule has 3 rings (SSSR count). The third-order valence-corrected chi connectivity index (χ3v) is 4.19. The van der Waals surface area contributed by atoms with Crippen LogP contribution < -0.4 is 4.74 Å². The standard InChI is InChI=1S/C21H18F3NO3/c1-3-28-20(26)17-12-18(13-7-9-15(10-8-13)21(22,23)24)25-19(17)14-5-4-6-16(11-14)27-2/h4-12,25H,3H2,1-2H3. The second-order valence-corrected chi connectivity index (χ2v) is 6.00. The van der Waals surface area contributed by atoms with Gasteiger partial charge in [0.05, 0.1) is 30.5 Å². The first-order chi connectivity index (χ1) is 13.3. The highest BCUT2D eigenvalue weighted by Crippen LogP contribution is 2.34. The minimum absolute atomic E-state index is 0.206. The minimum atomic E-state index is -4.41. The van der Waals surface area contributed by atoms with Crippen LogP contribution >= 0.6 is 0 Å². The van der Waals surface area contributed by atoms with Crippen molar-refractivity contribution >= 4 is 5.97 Å². The van der Waals surface area contributed by atoms with Gasteiger partial charge >= 0.3 is 12.1 Å². The van der Waals surface area contributed by atoms with Crippen molar-refractivity contribution in [1.29, 1.82) is 0 Å². The normalized spacial score (nSPS) is 11.3. The highest BCUT2D eigenvalue weighted by Gasteiger charge is 2.30. The molecule has 0 fully saturated rings. The molecule has 0 radical (unpaired) electrons. The Morgan fingerprint density at radius 1 is 1.04 bits per heavy atom. The number of rotatable bonds is 5. The fourth-order valence-electron chi connectivity index (χ4n) is 2.82. The molecule has 146 valence electrons. The van der Waals surface area contributed by atoms with Gasteiger partial charge in [0.2, 0.25) is 0 Å². The van der Waals surface area contributed by atoms with E-state index in [1.54, 1.807) is 37.3 Å².